The molecule has 0 fully saturated rings. The number of hydrogen-bond donors (Lipinski definition) is 1. The highest BCUT2D eigenvalue weighted by atomic mass is 79.9. The molecule has 1 atom stereocenters. The van der Waals surface area contributed by atoms with Gasteiger partial charge in [0.2, 0.25) is 0 Å². The van der Waals surface area contributed by atoms with Gasteiger partial charge in [-0.15, -0.1) is 0 Å². The minimum Gasteiger partial charge on any atom is -0.352 e. The second-order valence-corrected chi connectivity index (χ2v) is 5.62. The van der Waals surface area contributed by atoms with Gasteiger partial charge in [0, 0.05) is 15.5 Å². The smallest absolute Gasteiger partial charge is 0.252 e. The highest BCUT2D eigenvalue weighted by molar-refractivity contribution is 9.11. The van der Waals surface area contributed by atoms with Crippen molar-refractivity contribution in [2.45, 2.75) is 20.3 Å². The number of carbonyl (C=O) groups is 1. The third-order valence-electron chi connectivity index (χ3n) is 2.48. The van der Waals surface area contributed by atoms with Crippen LogP contribution in [0.25, 0.3) is 0 Å². The van der Waals surface area contributed by atoms with Crippen molar-refractivity contribution in [1.29, 1.82) is 0 Å². The zero-order chi connectivity index (χ0) is 12.1. The number of nitrogens with one attached hydrogen (secondary N) is 1. The monoisotopic (exact) mass is 347 g/mol. The molecule has 0 spiro atoms. The van der Waals surface area contributed by atoms with Crippen molar-refractivity contribution in [2.24, 2.45) is 5.92 Å². The van der Waals surface area contributed by atoms with E-state index in [9.17, 15) is 4.79 Å². The molecule has 0 aliphatic carbocycles. The SMILES string of the molecule is CCC(C)CNC(=O)c1cc(Br)ccc1Br. The predicted octanol–water partition coefficient (Wildman–Crippen LogP) is 3.99. The van der Waals surface area contributed by atoms with Crippen molar-refractivity contribution in [1.82, 2.24) is 5.32 Å². The van der Waals surface area contributed by atoms with E-state index in [1.165, 1.54) is 0 Å². The van der Waals surface area contributed by atoms with Crippen molar-refractivity contribution in [2.75, 3.05) is 6.54 Å². The third-order valence-corrected chi connectivity index (χ3v) is 3.67. The van der Waals surface area contributed by atoms with E-state index < -0.39 is 0 Å². The van der Waals surface area contributed by atoms with Gasteiger partial charge < -0.3 is 5.32 Å². The standard InChI is InChI=1S/C12H15Br2NO/c1-3-8(2)7-15-12(16)10-6-9(13)4-5-11(10)14/h4-6,8H,3,7H2,1-2H3,(H,15,16). The molecule has 1 unspecified atom stereocenters. The third kappa shape index (κ3) is 3.91. The Balaban J connectivity index is 2.69. The van der Waals surface area contributed by atoms with Gasteiger partial charge in [-0.05, 0) is 40.0 Å². The minimum atomic E-state index is -0.0338. The topological polar surface area (TPSA) is 29.1 Å². The van der Waals surface area contributed by atoms with Crippen LogP contribution in [0.15, 0.2) is 27.1 Å². The van der Waals surface area contributed by atoms with Crippen LogP contribution >= 0.6 is 31.9 Å². The van der Waals surface area contributed by atoms with Crippen LogP contribution in [0.3, 0.4) is 0 Å². The van der Waals surface area contributed by atoms with E-state index in [1.54, 1.807) is 0 Å². The summed E-state index contributed by atoms with van der Waals surface area (Å²) in [5.41, 5.74) is 0.665. The summed E-state index contributed by atoms with van der Waals surface area (Å²) in [5.74, 6) is 0.475. The first-order valence-corrected chi connectivity index (χ1v) is 6.86. The molecule has 0 heterocycles. The van der Waals surface area contributed by atoms with Crippen LogP contribution in [0.1, 0.15) is 30.6 Å². The van der Waals surface area contributed by atoms with Gasteiger partial charge in [0.05, 0.1) is 5.56 Å². The van der Waals surface area contributed by atoms with Crippen LogP contribution in [0.4, 0.5) is 0 Å². The number of halogens is 2. The lowest BCUT2D eigenvalue weighted by Crippen LogP contribution is -2.28. The Morgan fingerprint density at radius 1 is 1.44 bits per heavy atom. The van der Waals surface area contributed by atoms with Crippen LogP contribution in [0.2, 0.25) is 0 Å². The maximum Gasteiger partial charge on any atom is 0.252 e. The molecular formula is C12H15Br2NO. The largest absolute Gasteiger partial charge is 0.352 e. The molecule has 0 aromatic heterocycles. The first-order chi connectivity index (χ1) is 7.54. The second kappa shape index (κ2) is 6.40. The van der Waals surface area contributed by atoms with E-state index >= 15 is 0 Å². The number of hydrogen-bond acceptors (Lipinski definition) is 1. The molecule has 0 aliphatic rings. The summed E-state index contributed by atoms with van der Waals surface area (Å²) >= 11 is 6.73. The Hall–Kier alpha value is -0.350. The number of benzene rings is 1. The van der Waals surface area contributed by atoms with Crippen LogP contribution in [0, 0.1) is 5.92 Å². The fraction of sp³-hybridized carbons (Fsp3) is 0.417. The van der Waals surface area contributed by atoms with Gasteiger partial charge >= 0.3 is 0 Å². The molecule has 4 heteroatoms. The highest BCUT2D eigenvalue weighted by Crippen LogP contribution is 2.21. The lowest BCUT2D eigenvalue weighted by Gasteiger charge is -2.11. The molecule has 1 aromatic carbocycles. The van der Waals surface area contributed by atoms with Gasteiger partial charge in [0.1, 0.15) is 0 Å². The summed E-state index contributed by atoms with van der Waals surface area (Å²) in [4.78, 5) is 11.9. The molecule has 0 saturated carbocycles. The lowest BCUT2D eigenvalue weighted by atomic mass is 10.1. The van der Waals surface area contributed by atoms with Crippen molar-refractivity contribution in [3.05, 3.63) is 32.7 Å². The molecule has 0 saturated heterocycles. The molecular weight excluding hydrogens is 334 g/mol. The van der Waals surface area contributed by atoms with Crippen LogP contribution in [-0.4, -0.2) is 12.5 Å². The Bertz CT molecular complexity index is 379. The zero-order valence-electron chi connectivity index (χ0n) is 9.39. The highest BCUT2D eigenvalue weighted by Gasteiger charge is 2.10. The molecule has 0 radical (unpaired) electrons. The molecule has 16 heavy (non-hydrogen) atoms. The van der Waals surface area contributed by atoms with Crippen molar-refractivity contribution in [3.63, 3.8) is 0 Å². The van der Waals surface area contributed by atoms with E-state index in [0.29, 0.717) is 18.0 Å². The van der Waals surface area contributed by atoms with Gasteiger partial charge in [-0.2, -0.15) is 0 Å². The molecule has 1 aromatic rings. The van der Waals surface area contributed by atoms with Gasteiger partial charge in [0.15, 0.2) is 0 Å². The maximum absolute atomic E-state index is 11.9. The quantitative estimate of drug-likeness (QED) is 0.875. The number of rotatable bonds is 4. The van der Waals surface area contributed by atoms with Gasteiger partial charge in [-0.1, -0.05) is 36.2 Å². The predicted molar refractivity (Wildman–Crippen MR) is 73.6 cm³/mol. The average Bonchev–Trinajstić information content (AvgIpc) is 2.28. The lowest BCUT2D eigenvalue weighted by molar-refractivity contribution is 0.0947. The van der Waals surface area contributed by atoms with Crippen LogP contribution in [0.5, 0.6) is 0 Å². The first-order valence-electron chi connectivity index (χ1n) is 5.27. The van der Waals surface area contributed by atoms with Crippen molar-refractivity contribution < 1.29 is 4.79 Å². The fourth-order valence-electron chi connectivity index (χ4n) is 1.18. The van der Waals surface area contributed by atoms with Crippen LogP contribution < -0.4 is 5.32 Å². The Morgan fingerprint density at radius 3 is 2.75 bits per heavy atom. The second-order valence-electron chi connectivity index (χ2n) is 3.85. The Labute approximate surface area is 113 Å². The molecule has 88 valence electrons. The first kappa shape index (κ1) is 13.7. The van der Waals surface area contributed by atoms with E-state index in [2.05, 4.69) is 51.0 Å². The summed E-state index contributed by atoms with van der Waals surface area (Å²) in [6.45, 7) is 4.95. The number of amides is 1. The Kier molecular flexibility index (Phi) is 5.49. The van der Waals surface area contributed by atoms with E-state index in [1.807, 2.05) is 18.2 Å². The molecule has 2 nitrogen and oxygen atoms in total. The Morgan fingerprint density at radius 2 is 2.12 bits per heavy atom. The maximum atomic E-state index is 11.9. The number of carbonyl (C=O) groups excluding carboxylic acids is 1. The molecule has 1 amide bonds. The van der Waals surface area contributed by atoms with E-state index in [-0.39, 0.29) is 5.91 Å². The van der Waals surface area contributed by atoms with Gasteiger partial charge in [0.25, 0.3) is 5.91 Å². The molecule has 0 bridgehead atoms. The summed E-state index contributed by atoms with van der Waals surface area (Å²) in [7, 11) is 0. The van der Waals surface area contributed by atoms with Crippen molar-refractivity contribution in [3.8, 4) is 0 Å². The summed E-state index contributed by atoms with van der Waals surface area (Å²) in [6, 6.07) is 5.58. The van der Waals surface area contributed by atoms with Gasteiger partial charge in [-0.3, -0.25) is 4.79 Å². The normalized spacial score (nSPS) is 12.2. The summed E-state index contributed by atoms with van der Waals surface area (Å²) in [6.07, 6.45) is 1.07. The van der Waals surface area contributed by atoms with E-state index in [4.69, 9.17) is 0 Å². The van der Waals surface area contributed by atoms with E-state index in [0.717, 1.165) is 15.4 Å². The van der Waals surface area contributed by atoms with Gasteiger partial charge in [-0.25, -0.2) is 0 Å². The van der Waals surface area contributed by atoms with Crippen LogP contribution in [-0.2, 0) is 0 Å². The summed E-state index contributed by atoms with van der Waals surface area (Å²) < 4.78 is 1.72. The summed E-state index contributed by atoms with van der Waals surface area (Å²) in [5, 5.41) is 2.93. The zero-order valence-corrected chi connectivity index (χ0v) is 12.6. The fourth-order valence-corrected chi connectivity index (χ4v) is 1.97. The molecule has 1 N–H and O–H groups in total. The average molecular weight is 349 g/mol. The van der Waals surface area contributed by atoms with Crippen molar-refractivity contribution >= 4 is 37.8 Å². The minimum absolute atomic E-state index is 0.0338. The molecule has 0 aliphatic heterocycles. The molecule has 1 rings (SSSR count).